The number of fused-ring (bicyclic) bond motifs is 1. The van der Waals surface area contributed by atoms with Crippen LogP contribution < -0.4 is 16.0 Å². The maximum atomic E-state index is 12.5. The average molecular weight is 363 g/mol. The quantitative estimate of drug-likeness (QED) is 0.669. The number of hydrogen-bond donors (Lipinski definition) is 1. The van der Waals surface area contributed by atoms with Crippen LogP contribution in [0.4, 0.5) is 0 Å². The van der Waals surface area contributed by atoms with Gasteiger partial charge in [-0.3, -0.25) is 9.36 Å². The minimum atomic E-state index is -4.10. The molecule has 0 fully saturated rings. The first-order valence-electron chi connectivity index (χ1n) is 7.39. The van der Waals surface area contributed by atoms with E-state index in [0.29, 0.717) is 5.82 Å². The predicted octanol–water partition coefficient (Wildman–Crippen LogP) is -0.551. The highest BCUT2D eigenvalue weighted by atomic mass is 32.2. The predicted molar refractivity (Wildman–Crippen MR) is 91.7 cm³/mol. The van der Waals surface area contributed by atoms with E-state index >= 15 is 0 Å². The van der Waals surface area contributed by atoms with Gasteiger partial charge in [0.25, 0.3) is 5.56 Å². The number of hydrogen-bond acceptors (Lipinski definition) is 5. The van der Waals surface area contributed by atoms with Crippen LogP contribution in [0.25, 0.3) is 11.0 Å². The van der Waals surface area contributed by atoms with Crippen LogP contribution in [0.3, 0.4) is 0 Å². The molecular formula is C15H17N5O4S. The highest BCUT2D eigenvalue weighted by Crippen LogP contribution is 2.14. The fourth-order valence-corrected chi connectivity index (χ4v) is 3.69. The number of benzene rings is 1. The molecule has 3 rings (SSSR count). The normalized spacial score (nSPS) is 12.0. The Morgan fingerprint density at radius 3 is 2.44 bits per heavy atom. The van der Waals surface area contributed by atoms with Crippen molar-refractivity contribution in [1.82, 2.24) is 23.4 Å². The lowest BCUT2D eigenvalue weighted by Gasteiger charge is -2.09. The second-order valence-corrected chi connectivity index (χ2v) is 7.39. The molecule has 0 aliphatic rings. The molecule has 0 atom stereocenters. The Balaban J connectivity index is 1.96. The molecule has 132 valence electrons. The Morgan fingerprint density at radius 2 is 1.76 bits per heavy atom. The Hall–Kier alpha value is -2.72. The van der Waals surface area contributed by atoms with E-state index in [9.17, 15) is 18.0 Å². The average Bonchev–Trinajstić information content (AvgIpc) is 2.91. The van der Waals surface area contributed by atoms with E-state index in [-0.39, 0.29) is 6.54 Å². The molecule has 0 bridgehead atoms. The molecule has 1 N–H and O–H groups in total. The van der Waals surface area contributed by atoms with Crippen LogP contribution in [0.2, 0.25) is 0 Å². The Kier molecular flexibility index (Phi) is 4.09. The van der Waals surface area contributed by atoms with Crippen molar-refractivity contribution < 1.29 is 8.42 Å². The summed E-state index contributed by atoms with van der Waals surface area (Å²) in [6, 6.07) is 7.42. The highest BCUT2D eigenvalue weighted by Gasteiger charge is 2.22. The van der Waals surface area contributed by atoms with Crippen molar-refractivity contribution in [3.05, 3.63) is 57.1 Å². The van der Waals surface area contributed by atoms with Crippen LogP contribution in [-0.4, -0.2) is 27.1 Å². The lowest BCUT2D eigenvalue weighted by atomic mass is 10.3. The maximum Gasteiger partial charge on any atom is 0.330 e. The SMILES string of the molecule is Cn1cc(S(=O)(=O)NCc2nc3ccccc3n2C)c(=O)n(C)c1=O. The van der Waals surface area contributed by atoms with Crippen molar-refractivity contribution >= 4 is 21.1 Å². The zero-order chi connectivity index (χ0) is 18.4. The molecule has 10 heteroatoms. The fourth-order valence-electron chi connectivity index (χ4n) is 2.55. The van der Waals surface area contributed by atoms with Crippen molar-refractivity contribution in [2.45, 2.75) is 11.4 Å². The summed E-state index contributed by atoms with van der Waals surface area (Å²) in [7, 11) is 0.293. The molecule has 0 unspecified atom stereocenters. The summed E-state index contributed by atoms with van der Waals surface area (Å²) >= 11 is 0. The van der Waals surface area contributed by atoms with Crippen LogP contribution in [0.1, 0.15) is 5.82 Å². The van der Waals surface area contributed by atoms with Gasteiger partial charge >= 0.3 is 5.69 Å². The summed E-state index contributed by atoms with van der Waals surface area (Å²) in [4.78, 5) is 27.7. The first kappa shape index (κ1) is 17.1. The van der Waals surface area contributed by atoms with Gasteiger partial charge in [0, 0.05) is 27.3 Å². The Morgan fingerprint density at radius 1 is 1.08 bits per heavy atom. The van der Waals surface area contributed by atoms with Crippen LogP contribution in [0.5, 0.6) is 0 Å². The first-order valence-corrected chi connectivity index (χ1v) is 8.87. The Bertz CT molecular complexity index is 1190. The van der Waals surface area contributed by atoms with Crippen molar-refractivity contribution in [2.75, 3.05) is 0 Å². The number of nitrogens with zero attached hydrogens (tertiary/aromatic N) is 4. The molecule has 25 heavy (non-hydrogen) atoms. The van der Waals surface area contributed by atoms with Crippen molar-refractivity contribution in [3.8, 4) is 0 Å². The molecule has 0 amide bonds. The van der Waals surface area contributed by atoms with E-state index in [4.69, 9.17) is 0 Å². The van der Waals surface area contributed by atoms with E-state index in [2.05, 4.69) is 9.71 Å². The molecule has 0 aliphatic heterocycles. The third kappa shape index (κ3) is 2.89. The van der Waals surface area contributed by atoms with Crippen LogP contribution >= 0.6 is 0 Å². The van der Waals surface area contributed by atoms with Gasteiger partial charge < -0.3 is 9.13 Å². The minimum Gasteiger partial charge on any atom is -0.330 e. The third-order valence-electron chi connectivity index (χ3n) is 4.00. The standard InChI is InChI=1S/C15H17N5O4S/c1-18-9-12(14(21)20(3)15(18)22)25(23,24)16-8-13-17-10-6-4-5-7-11(10)19(13)2/h4-7,9,16H,8H2,1-3H3. The summed E-state index contributed by atoms with van der Waals surface area (Å²) in [6.07, 6.45) is 1.02. The smallest absolute Gasteiger partial charge is 0.330 e. The van der Waals surface area contributed by atoms with E-state index in [1.165, 1.54) is 14.1 Å². The molecule has 0 radical (unpaired) electrons. The molecule has 0 aliphatic carbocycles. The monoisotopic (exact) mass is 363 g/mol. The molecule has 9 nitrogen and oxygen atoms in total. The van der Waals surface area contributed by atoms with Crippen LogP contribution in [0, 0.1) is 0 Å². The van der Waals surface area contributed by atoms with Gasteiger partial charge in [-0.05, 0) is 12.1 Å². The maximum absolute atomic E-state index is 12.5. The number of aryl methyl sites for hydroxylation is 2. The summed E-state index contributed by atoms with van der Waals surface area (Å²) in [5, 5.41) is 0. The zero-order valence-electron chi connectivity index (χ0n) is 13.9. The van der Waals surface area contributed by atoms with Gasteiger partial charge in [0.15, 0.2) is 4.90 Å². The molecular weight excluding hydrogens is 346 g/mol. The number of sulfonamides is 1. The van der Waals surface area contributed by atoms with Gasteiger partial charge in [-0.2, -0.15) is 0 Å². The lowest BCUT2D eigenvalue weighted by molar-refractivity contribution is 0.567. The molecule has 0 spiro atoms. The molecule has 1 aromatic carbocycles. The van der Waals surface area contributed by atoms with Crippen molar-refractivity contribution in [1.29, 1.82) is 0 Å². The van der Waals surface area contributed by atoms with Gasteiger partial charge in [0.2, 0.25) is 10.0 Å². The summed E-state index contributed by atoms with van der Waals surface area (Å²) < 4.78 is 30.9. The Labute approximate surface area is 143 Å². The summed E-state index contributed by atoms with van der Waals surface area (Å²) in [5.41, 5.74) is 0.145. The van der Waals surface area contributed by atoms with E-state index in [1.54, 1.807) is 11.6 Å². The zero-order valence-corrected chi connectivity index (χ0v) is 14.7. The summed E-state index contributed by atoms with van der Waals surface area (Å²) in [6.45, 7) is -0.0838. The minimum absolute atomic E-state index is 0.0838. The summed E-state index contributed by atoms with van der Waals surface area (Å²) in [5.74, 6) is 0.506. The highest BCUT2D eigenvalue weighted by molar-refractivity contribution is 7.89. The van der Waals surface area contributed by atoms with Gasteiger partial charge in [-0.25, -0.2) is 22.9 Å². The van der Waals surface area contributed by atoms with Crippen molar-refractivity contribution in [3.63, 3.8) is 0 Å². The molecule has 2 heterocycles. The largest absolute Gasteiger partial charge is 0.330 e. The van der Waals surface area contributed by atoms with Crippen LogP contribution in [0.15, 0.2) is 44.9 Å². The topological polar surface area (TPSA) is 108 Å². The molecule has 0 saturated carbocycles. The van der Waals surface area contributed by atoms with E-state index in [1.807, 2.05) is 24.3 Å². The van der Waals surface area contributed by atoms with Gasteiger partial charge in [-0.1, -0.05) is 12.1 Å². The van der Waals surface area contributed by atoms with Gasteiger partial charge in [0.05, 0.1) is 17.6 Å². The third-order valence-corrected chi connectivity index (χ3v) is 5.39. The number of para-hydroxylation sites is 2. The fraction of sp³-hybridized carbons (Fsp3) is 0.267. The lowest BCUT2D eigenvalue weighted by Crippen LogP contribution is -2.41. The number of nitrogens with one attached hydrogen (secondary N) is 1. The second-order valence-electron chi connectivity index (χ2n) is 5.65. The van der Waals surface area contributed by atoms with E-state index < -0.39 is 26.2 Å². The first-order chi connectivity index (χ1) is 11.7. The second kappa shape index (κ2) is 5.97. The van der Waals surface area contributed by atoms with Gasteiger partial charge in [0.1, 0.15) is 5.82 Å². The molecule has 3 aromatic rings. The van der Waals surface area contributed by atoms with Gasteiger partial charge in [-0.15, -0.1) is 0 Å². The van der Waals surface area contributed by atoms with Crippen LogP contribution in [-0.2, 0) is 37.7 Å². The molecule has 0 saturated heterocycles. The number of imidazole rings is 1. The molecule has 2 aromatic heterocycles. The number of rotatable bonds is 4. The van der Waals surface area contributed by atoms with E-state index in [0.717, 1.165) is 26.4 Å². The number of aromatic nitrogens is 4. The van der Waals surface area contributed by atoms with Crippen molar-refractivity contribution in [2.24, 2.45) is 21.1 Å².